The molecule has 0 saturated heterocycles. The van der Waals surface area contributed by atoms with Gasteiger partial charge < -0.3 is 10.1 Å². The third-order valence-corrected chi connectivity index (χ3v) is 5.64. The smallest absolute Gasteiger partial charge is 0.331 e. The van der Waals surface area contributed by atoms with Crippen molar-refractivity contribution in [3.05, 3.63) is 57.9 Å². The number of imide groups is 1. The van der Waals surface area contributed by atoms with E-state index in [4.69, 9.17) is 16.3 Å². The van der Waals surface area contributed by atoms with Crippen LogP contribution in [-0.2, 0) is 20.9 Å². The number of ether oxygens (including phenoxy) is 1. The SMILES string of the molecule is Cc1ccc(Cn2nc(C)c(/C=C/C(=O)OCC(=O)NC(=O)NC3CCCC3)c2Cl)cc1. The van der Waals surface area contributed by atoms with Crippen LogP contribution in [0.3, 0.4) is 0 Å². The van der Waals surface area contributed by atoms with Gasteiger partial charge in [-0.05, 0) is 38.3 Å². The molecule has 3 rings (SSSR count). The van der Waals surface area contributed by atoms with Crippen molar-refractivity contribution in [2.75, 3.05) is 6.61 Å². The van der Waals surface area contributed by atoms with Crippen molar-refractivity contribution in [3.8, 4) is 0 Å². The van der Waals surface area contributed by atoms with Gasteiger partial charge in [-0.15, -0.1) is 0 Å². The van der Waals surface area contributed by atoms with E-state index in [1.165, 1.54) is 17.7 Å². The lowest BCUT2D eigenvalue weighted by Crippen LogP contribution is -2.44. The number of carbonyl (C=O) groups is 3. The number of nitrogens with zero attached hydrogens (tertiary/aromatic N) is 2. The Balaban J connectivity index is 1.49. The van der Waals surface area contributed by atoms with Gasteiger partial charge in [0.15, 0.2) is 6.61 Å². The molecule has 2 aromatic rings. The van der Waals surface area contributed by atoms with Gasteiger partial charge in [-0.2, -0.15) is 5.10 Å². The summed E-state index contributed by atoms with van der Waals surface area (Å²) in [4.78, 5) is 35.6. The molecule has 1 fully saturated rings. The maximum Gasteiger partial charge on any atom is 0.331 e. The Bertz CT molecular complexity index is 1010. The van der Waals surface area contributed by atoms with Gasteiger partial charge in [0, 0.05) is 17.7 Å². The van der Waals surface area contributed by atoms with Gasteiger partial charge in [0.25, 0.3) is 5.91 Å². The number of esters is 1. The number of amides is 3. The van der Waals surface area contributed by atoms with Gasteiger partial charge in [-0.25, -0.2) is 14.3 Å². The lowest BCUT2D eigenvalue weighted by molar-refractivity contribution is -0.143. The molecular weight excluding hydrogens is 432 g/mol. The number of aryl methyl sites for hydroxylation is 2. The van der Waals surface area contributed by atoms with Crippen molar-refractivity contribution in [1.82, 2.24) is 20.4 Å². The maximum atomic E-state index is 12.0. The molecule has 1 aromatic heterocycles. The molecule has 0 bridgehead atoms. The van der Waals surface area contributed by atoms with Gasteiger partial charge in [-0.1, -0.05) is 54.3 Å². The number of hydrogen-bond acceptors (Lipinski definition) is 5. The van der Waals surface area contributed by atoms with Crippen LogP contribution in [0.25, 0.3) is 6.08 Å². The molecule has 32 heavy (non-hydrogen) atoms. The Morgan fingerprint density at radius 3 is 2.56 bits per heavy atom. The summed E-state index contributed by atoms with van der Waals surface area (Å²) >= 11 is 6.44. The lowest BCUT2D eigenvalue weighted by atomic mass is 10.1. The van der Waals surface area contributed by atoms with Crippen LogP contribution in [0.4, 0.5) is 4.79 Å². The van der Waals surface area contributed by atoms with Gasteiger partial charge in [-0.3, -0.25) is 10.1 Å². The molecule has 0 atom stereocenters. The van der Waals surface area contributed by atoms with Crippen LogP contribution >= 0.6 is 11.6 Å². The zero-order chi connectivity index (χ0) is 23.1. The highest BCUT2D eigenvalue weighted by Gasteiger charge is 2.18. The Hall–Kier alpha value is -3.13. The Kier molecular flexibility index (Phi) is 8.05. The number of carbonyl (C=O) groups excluding carboxylic acids is 3. The van der Waals surface area contributed by atoms with E-state index in [2.05, 4.69) is 15.7 Å². The van der Waals surface area contributed by atoms with E-state index in [1.54, 1.807) is 11.6 Å². The average molecular weight is 459 g/mol. The van der Waals surface area contributed by atoms with Gasteiger partial charge >= 0.3 is 12.0 Å². The maximum absolute atomic E-state index is 12.0. The molecule has 0 unspecified atom stereocenters. The third kappa shape index (κ3) is 6.68. The van der Waals surface area contributed by atoms with Crippen LogP contribution in [-0.4, -0.2) is 40.3 Å². The number of rotatable bonds is 7. The van der Waals surface area contributed by atoms with E-state index < -0.39 is 24.5 Å². The normalized spacial score (nSPS) is 14.0. The van der Waals surface area contributed by atoms with E-state index >= 15 is 0 Å². The topological polar surface area (TPSA) is 102 Å². The quantitative estimate of drug-likeness (QED) is 0.488. The predicted molar refractivity (Wildman–Crippen MR) is 121 cm³/mol. The number of benzene rings is 1. The zero-order valence-electron chi connectivity index (χ0n) is 18.2. The number of aromatic nitrogens is 2. The van der Waals surface area contributed by atoms with Crippen LogP contribution in [0.2, 0.25) is 5.15 Å². The molecule has 1 aliphatic carbocycles. The number of halogens is 1. The van der Waals surface area contributed by atoms with Crippen LogP contribution in [0.5, 0.6) is 0 Å². The third-order valence-electron chi connectivity index (χ3n) is 5.24. The molecule has 0 aliphatic heterocycles. The molecule has 1 aromatic carbocycles. The van der Waals surface area contributed by atoms with Crippen LogP contribution in [0.15, 0.2) is 30.3 Å². The summed E-state index contributed by atoms with van der Waals surface area (Å²) in [7, 11) is 0. The summed E-state index contributed by atoms with van der Waals surface area (Å²) in [6, 6.07) is 7.57. The molecular formula is C23H27ClN4O4. The number of hydrogen-bond donors (Lipinski definition) is 2. The summed E-state index contributed by atoms with van der Waals surface area (Å²) in [5.41, 5.74) is 3.48. The highest BCUT2D eigenvalue weighted by molar-refractivity contribution is 6.31. The van der Waals surface area contributed by atoms with Gasteiger partial charge in [0.05, 0.1) is 12.2 Å². The first-order chi connectivity index (χ1) is 15.3. The highest BCUT2D eigenvalue weighted by Crippen LogP contribution is 2.22. The predicted octanol–water partition coefficient (Wildman–Crippen LogP) is 3.53. The van der Waals surface area contributed by atoms with Crippen LogP contribution < -0.4 is 10.6 Å². The summed E-state index contributed by atoms with van der Waals surface area (Å²) < 4.78 is 6.56. The minimum absolute atomic E-state index is 0.0909. The molecule has 1 heterocycles. The van der Waals surface area contributed by atoms with Crippen molar-refractivity contribution >= 4 is 35.6 Å². The fraction of sp³-hybridized carbons (Fsp3) is 0.391. The molecule has 1 aliphatic rings. The minimum Gasteiger partial charge on any atom is -0.452 e. The number of urea groups is 1. The Morgan fingerprint density at radius 2 is 1.88 bits per heavy atom. The monoisotopic (exact) mass is 458 g/mol. The largest absolute Gasteiger partial charge is 0.452 e. The van der Waals surface area contributed by atoms with Gasteiger partial charge in [0.1, 0.15) is 5.15 Å². The van der Waals surface area contributed by atoms with Crippen molar-refractivity contribution in [2.45, 2.75) is 52.1 Å². The molecule has 1 saturated carbocycles. The van der Waals surface area contributed by atoms with E-state index in [1.807, 2.05) is 31.2 Å². The van der Waals surface area contributed by atoms with E-state index in [-0.39, 0.29) is 6.04 Å². The Morgan fingerprint density at radius 1 is 1.19 bits per heavy atom. The molecule has 0 radical (unpaired) electrons. The lowest BCUT2D eigenvalue weighted by Gasteiger charge is -2.12. The van der Waals surface area contributed by atoms with Crippen LogP contribution in [0.1, 0.15) is 48.1 Å². The second kappa shape index (κ2) is 10.9. The van der Waals surface area contributed by atoms with Gasteiger partial charge in [0.2, 0.25) is 0 Å². The van der Waals surface area contributed by atoms with E-state index in [9.17, 15) is 14.4 Å². The van der Waals surface area contributed by atoms with Crippen molar-refractivity contribution in [2.24, 2.45) is 0 Å². The number of nitrogens with one attached hydrogen (secondary N) is 2. The van der Waals surface area contributed by atoms with Crippen LogP contribution in [0, 0.1) is 13.8 Å². The zero-order valence-corrected chi connectivity index (χ0v) is 18.9. The van der Waals surface area contributed by atoms with E-state index in [0.29, 0.717) is 23.0 Å². The molecule has 8 nitrogen and oxygen atoms in total. The summed E-state index contributed by atoms with van der Waals surface area (Å²) in [5, 5.41) is 9.71. The fourth-order valence-electron chi connectivity index (χ4n) is 3.52. The summed E-state index contributed by atoms with van der Waals surface area (Å²) in [5.74, 6) is -1.42. The second-order valence-electron chi connectivity index (χ2n) is 7.88. The molecule has 170 valence electrons. The average Bonchev–Trinajstić information content (AvgIpc) is 3.34. The van der Waals surface area contributed by atoms with Crippen molar-refractivity contribution in [1.29, 1.82) is 0 Å². The highest BCUT2D eigenvalue weighted by atomic mass is 35.5. The molecule has 0 spiro atoms. The first-order valence-corrected chi connectivity index (χ1v) is 10.9. The standard InChI is InChI=1S/C23H27ClN4O4/c1-15-7-9-17(10-8-15)13-28-22(24)19(16(2)27-28)11-12-21(30)32-14-20(29)26-23(31)25-18-5-3-4-6-18/h7-12,18H,3-6,13-14H2,1-2H3,(H2,25,26,29,31)/b12-11+. The van der Waals surface area contributed by atoms with Crippen molar-refractivity contribution < 1.29 is 19.1 Å². The summed E-state index contributed by atoms with van der Waals surface area (Å²) in [6.07, 6.45) is 6.63. The molecule has 2 N–H and O–H groups in total. The first kappa shape index (κ1) is 23.5. The van der Waals surface area contributed by atoms with E-state index in [0.717, 1.165) is 31.2 Å². The summed E-state index contributed by atoms with van der Waals surface area (Å²) in [6.45, 7) is 3.76. The molecule has 9 heteroatoms. The van der Waals surface area contributed by atoms with Crippen molar-refractivity contribution in [3.63, 3.8) is 0 Å². The fourth-order valence-corrected chi connectivity index (χ4v) is 3.82. The first-order valence-electron chi connectivity index (χ1n) is 10.6. The Labute approximate surface area is 192 Å². The molecule has 3 amide bonds. The second-order valence-corrected chi connectivity index (χ2v) is 8.24. The minimum atomic E-state index is -0.724.